The first-order chi connectivity index (χ1) is 7.70. The van der Waals surface area contributed by atoms with Crippen molar-refractivity contribution in [2.24, 2.45) is 0 Å². The molecule has 0 aromatic heterocycles. The zero-order valence-electron chi connectivity index (χ0n) is 9.66. The summed E-state index contributed by atoms with van der Waals surface area (Å²) in [5.41, 5.74) is 0. The van der Waals surface area contributed by atoms with Gasteiger partial charge in [0.1, 0.15) is 0 Å². The van der Waals surface area contributed by atoms with E-state index in [1.165, 1.54) is 0 Å². The molecule has 0 bridgehead atoms. The Kier molecular flexibility index (Phi) is 9.09. The highest BCUT2D eigenvalue weighted by Gasteiger charge is 2.05. The number of hydrogen-bond acceptors (Lipinski definition) is 4. The van der Waals surface area contributed by atoms with E-state index in [2.05, 4.69) is 10.7 Å². The van der Waals surface area contributed by atoms with Gasteiger partial charge in [0.15, 0.2) is 6.61 Å². The lowest BCUT2D eigenvalue weighted by molar-refractivity contribution is -0.145. The summed E-state index contributed by atoms with van der Waals surface area (Å²) < 4.78 is 9.55. The molecule has 16 heavy (non-hydrogen) atoms. The summed E-state index contributed by atoms with van der Waals surface area (Å²) in [6.45, 7) is 2.41. The molecule has 0 aromatic carbocycles. The maximum atomic E-state index is 11.1. The molecule has 0 rings (SSSR count). The number of terminal acetylenes is 1. The molecule has 0 spiro atoms. The Morgan fingerprint density at radius 2 is 1.69 bits per heavy atom. The van der Waals surface area contributed by atoms with E-state index in [0.717, 1.165) is 6.42 Å². The standard InChI is InChI=1S/C12H18O4/c1-3-9-15-11(13)7-5-6-8-12(14)16-10-4-2/h1H,4-10H2,2H3. The molecule has 0 aliphatic carbocycles. The Balaban J connectivity index is 3.35. The van der Waals surface area contributed by atoms with Crippen LogP contribution in [0.5, 0.6) is 0 Å². The molecule has 0 aliphatic heterocycles. The first-order valence-corrected chi connectivity index (χ1v) is 5.45. The van der Waals surface area contributed by atoms with Crippen LogP contribution >= 0.6 is 0 Å². The Hall–Kier alpha value is -1.50. The number of carbonyl (C=O) groups excluding carboxylic acids is 2. The molecule has 4 heteroatoms. The minimum atomic E-state index is -0.320. The van der Waals surface area contributed by atoms with Crippen molar-refractivity contribution in [2.45, 2.75) is 39.0 Å². The van der Waals surface area contributed by atoms with Gasteiger partial charge in [-0.1, -0.05) is 12.8 Å². The Morgan fingerprint density at radius 1 is 1.12 bits per heavy atom. The van der Waals surface area contributed by atoms with Gasteiger partial charge in [-0.05, 0) is 19.3 Å². The van der Waals surface area contributed by atoms with Crippen molar-refractivity contribution in [3.8, 4) is 12.3 Å². The molecule has 0 unspecified atom stereocenters. The van der Waals surface area contributed by atoms with Crippen LogP contribution in [0, 0.1) is 12.3 Å². The van der Waals surface area contributed by atoms with Gasteiger partial charge in [-0.3, -0.25) is 9.59 Å². The summed E-state index contributed by atoms with van der Waals surface area (Å²) >= 11 is 0. The smallest absolute Gasteiger partial charge is 0.306 e. The average molecular weight is 226 g/mol. The third-order valence-corrected chi connectivity index (χ3v) is 1.80. The fraction of sp³-hybridized carbons (Fsp3) is 0.667. The van der Waals surface area contributed by atoms with Crippen LogP contribution < -0.4 is 0 Å². The van der Waals surface area contributed by atoms with Crippen LogP contribution in [0.1, 0.15) is 39.0 Å². The summed E-state index contributed by atoms with van der Waals surface area (Å²) in [6, 6.07) is 0. The maximum Gasteiger partial charge on any atom is 0.306 e. The van der Waals surface area contributed by atoms with E-state index in [1.54, 1.807) is 0 Å². The number of hydrogen-bond donors (Lipinski definition) is 0. The van der Waals surface area contributed by atoms with E-state index in [1.807, 2.05) is 6.92 Å². The molecule has 0 atom stereocenters. The van der Waals surface area contributed by atoms with E-state index in [0.29, 0.717) is 32.3 Å². The minimum absolute atomic E-state index is 0.0113. The van der Waals surface area contributed by atoms with Gasteiger partial charge in [0.25, 0.3) is 0 Å². The number of ether oxygens (including phenoxy) is 2. The van der Waals surface area contributed by atoms with Gasteiger partial charge in [-0.25, -0.2) is 0 Å². The molecule has 0 saturated carbocycles. The van der Waals surface area contributed by atoms with Gasteiger partial charge in [0.05, 0.1) is 6.61 Å². The van der Waals surface area contributed by atoms with Gasteiger partial charge in [-0.2, -0.15) is 0 Å². The topological polar surface area (TPSA) is 52.6 Å². The van der Waals surface area contributed by atoms with E-state index in [4.69, 9.17) is 11.2 Å². The van der Waals surface area contributed by atoms with Crippen LogP contribution in [0.2, 0.25) is 0 Å². The second-order valence-corrected chi connectivity index (χ2v) is 3.29. The predicted octanol–water partition coefficient (Wildman–Crippen LogP) is 1.68. The fourth-order valence-corrected chi connectivity index (χ4v) is 1.02. The van der Waals surface area contributed by atoms with Crippen molar-refractivity contribution in [1.29, 1.82) is 0 Å². The first-order valence-electron chi connectivity index (χ1n) is 5.45. The van der Waals surface area contributed by atoms with Crippen LogP contribution in [0.15, 0.2) is 0 Å². The summed E-state index contributed by atoms with van der Waals surface area (Å²) in [5, 5.41) is 0. The van der Waals surface area contributed by atoms with Crippen molar-refractivity contribution in [2.75, 3.05) is 13.2 Å². The molecule has 0 heterocycles. The van der Waals surface area contributed by atoms with E-state index < -0.39 is 0 Å². The van der Waals surface area contributed by atoms with Crippen LogP contribution in [-0.2, 0) is 19.1 Å². The van der Waals surface area contributed by atoms with Gasteiger partial charge in [-0.15, -0.1) is 6.42 Å². The summed E-state index contributed by atoms with van der Waals surface area (Å²) in [4.78, 5) is 22.0. The van der Waals surface area contributed by atoms with E-state index in [9.17, 15) is 9.59 Å². The SMILES string of the molecule is C#CCOC(=O)CCCCC(=O)OCCC. The highest BCUT2D eigenvalue weighted by Crippen LogP contribution is 2.03. The summed E-state index contributed by atoms with van der Waals surface area (Å²) in [7, 11) is 0. The summed E-state index contributed by atoms with van der Waals surface area (Å²) in [6.07, 6.45) is 7.65. The lowest BCUT2D eigenvalue weighted by atomic mass is 10.2. The third-order valence-electron chi connectivity index (χ3n) is 1.80. The van der Waals surface area contributed by atoms with Crippen molar-refractivity contribution in [3.05, 3.63) is 0 Å². The number of esters is 2. The molecule has 0 fully saturated rings. The molecule has 0 saturated heterocycles. The summed E-state index contributed by atoms with van der Waals surface area (Å²) in [5.74, 6) is 1.68. The monoisotopic (exact) mass is 226 g/mol. The second-order valence-electron chi connectivity index (χ2n) is 3.29. The van der Waals surface area contributed by atoms with Crippen molar-refractivity contribution < 1.29 is 19.1 Å². The van der Waals surface area contributed by atoms with Gasteiger partial charge >= 0.3 is 11.9 Å². The van der Waals surface area contributed by atoms with E-state index in [-0.39, 0.29) is 18.5 Å². The first kappa shape index (κ1) is 14.5. The normalized spacial score (nSPS) is 9.25. The zero-order valence-corrected chi connectivity index (χ0v) is 9.66. The van der Waals surface area contributed by atoms with Gasteiger partial charge in [0, 0.05) is 12.8 Å². The van der Waals surface area contributed by atoms with Gasteiger partial charge < -0.3 is 9.47 Å². The van der Waals surface area contributed by atoms with Crippen molar-refractivity contribution in [3.63, 3.8) is 0 Å². The van der Waals surface area contributed by atoms with Crippen LogP contribution in [-0.4, -0.2) is 25.2 Å². The molecular weight excluding hydrogens is 208 g/mol. The minimum Gasteiger partial charge on any atom is -0.466 e. The van der Waals surface area contributed by atoms with Crippen LogP contribution in [0.3, 0.4) is 0 Å². The van der Waals surface area contributed by atoms with Crippen LogP contribution in [0.25, 0.3) is 0 Å². The molecule has 0 aromatic rings. The predicted molar refractivity (Wildman–Crippen MR) is 59.5 cm³/mol. The Bertz CT molecular complexity index is 252. The maximum absolute atomic E-state index is 11.1. The molecule has 0 amide bonds. The lowest BCUT2D eigenvalue weighted by Crippen LogP contribution is -2.07. The quantitative estimate of drug-likeness (QED) is 0.359. The number of rotatable bonds is 8. The number of unbranched alkanes of at least 4 members (excludes halogenated alkanes) is 1. The molecule has 4 nitrogen and oxygen atoms in total. The van der Waals surface area contributed by atoms with Crippen molar-refractivity contribution in [1.82, 2.24) is 0 Å². The third kappa shape index (κ3) is 9.07. The average Bonchev–Trinajstić information content (AvgIpc) is 2.29. The molecule has 90 valence electrons. The highest BCUT2D eigenvalue weighted by atomic mass is 16.5. The lowest BCUT2D eigenvalue weighted by Gasteiger charge is -2.03. The molecule has 0 radical (unpaired) electrons. The number of carbonyl (C=O) groups is 2. The Labute approximate surface area is 96.3 Å². The largest absolute Gasteiger partial charge is 0.466 e. The molecule has 0 N–H and O–H groups in total. The fourth-order valence-electron chi connectivity index (χ4n) is 1.02. The Morgan fingerprint density at radius 3 is 2.19 bits per heavy atom. The second kappa shape index (κ2) is 10.0. The zero-order chi connectivity index (χ0) is 12.2. The highest BCUT2D eigenvalue weighted by molar-refractivity contribution is 5.70. The molecule has 0 aliphatic rings. The molecular formula is C12H18O4. The van der Waals surface area contributed by atoms with Gasteiger partial charge in [0.2, 0.25) is 0 Å². The van der Waals surface area contributed by atoms with E-state index >= 15 is 0 Å². The van der Waals surface area contributed by atoms with Crippen LogP contribution in [0.4, 0.5) is 0 Å². The van der Waals surface area contributed by atoms with Crippen molar-refractivity contribution >= 4 is 11.9 Å².